The number of piperazine rings is 1. The van der Waals surface area contributed by atoms with Gasteiger partial charge in [-0.2, -0.15) is 18.4 Å². The van der Waals surface area contributed by atoms with Crippen molar-refractivity contribution >= 4 is 64.9 Å². The molecule has 4 fully saturated rings. The summed E-state index contributed by atoms with van der Waals surface area (Å²) in [6.07, 6.45) is 0.414. The fourth-order valence-corrected chi connectivity index (χ4v) is 9.04. The summed E-state index contributed by atoms with van der Waals surface area (Å²) in [5.74, 6) is -1.26. The molecule has 13 nitrogen and oxygen atoms in total. The number of halogens is 4. The second-order valence-corrected chi connectivity index (χ2v) is 16.0. The van der Waals surface area contributed by atoms with E-state index in [-0.39, 0.29) is 78.1 Å². The van der Waals surface area contributed by atoms with E-state index in [2.05, 4.69) is 39.3 Å². The van der Waals surface area contributed by atoms with E-state index in [1.165, 1.54) is 6.07 Å². The van der Waals surface area contributed by atoms with E-state index in [1.807, 2.05) is 4.90 Å². The molecule has 0 radical (unpaired) electrons. The number of nitrogens with one attached hydrogen (secondary N) is 2. The minimum atomic E-state index is -4.76. The summed E-state index contributed by atoms with van der Waals surface area (Å²) >= 11 is 5.73. The largest absolute Gasteiger partial charge is 0.417 e. The highest BCUT2D eigenvalue weighted by molar-refractivity contribution is 7.80. The molecule has 1 unspecified atom stereocenters. The molecule has 1 aliphatic carbocycles. The number of ether oxygens (including phenoxy) is 1. The molecule has 2 N–H and O–H groups in total. The van der Waals surface area contributed by atoms with Gasteiger partial charge in [-0.25, -0.2) is 4.98 Å². The van der Waals surface area contributed by atoms with Gasteiger partial charge in [0.15, 0.2) is 5.11 Å². The Hall–Kier alpha value is -4.21. The summed E-state index contributed by atoms with van der Waals surface area (Å²) in [7, 11) is 0. The number of nitrogens with zero attached hydrogens (tertiary/aromatic N) is 6. The third-order valence-electron chi connectivity index (χ3n) is 11.4. The summed E-state index contributed by atoms with van der Waals surface area (Å²) < 4.78 is 47.5. The molecule has 1 aromatic carbocycles. The zero-order valence-electron chi connectivity index (χ0n) is 32.3. The van der Waals surface area contributed by atoms with E-state index >= 15 is 0 Å². The van der Waals surface area contributed by atoms with Crippen LogP contribution in [0.15, 0.2) is 36.5 Å². The van der Waals surface area contributed by atoms with Crippen LogP contribution < -0.4 is 15.5 Å². The van der Waals surface area contributed by atoms with Gasteiger partial charge < -0.3 is 15.0 Å². The van der Waals surface area contributed by atoms with Crippen molar-refractivity contribution in [1.29, 1.82) is 5.26 Å². The van der Waals surface area contributed by atoms with Crippen LogP contribution in [0.3, 0.4) is 0 Å². The van der Waals surface area contributed by atoms with Crippen molar-refractivity contribution in [1.82, 2.24) is 25.0 Å². The minimum absolute atomic E-state index is 0. The monoisotopic (exact) mass is 832 g/mol. The van der Waals surface area contributed by atoms with Gasteiger partial charge in [-0.3, -0.25) is 39.2 Å². The molecule has 6 rings (SSSR count). The first-order valence-corrected chi connectivity index (χ1v) is 19.4. The molecule has 0 spiro atoms. The van der Waals surface area contributed by atoms with Crippen LogP contribution in [0.25, 0.3) is 0 Å². The SMILES string of the molecule is C[C@@H]1CN(CCOC2CCC(N3C(=S)N(c4ccc(C#N)c(C(F)(F)F)c4)C(=O)C3(C)C)CC2)C[C@H](C)N1CC(=O)Nc1ccc(C2CCC(=O)NC2=O)cn1.Cl. The average molecular weight is 833 g/mol. The first-order chi connectivity index (χ1) is 26.5. The molecule has 1 aromatic heterocycles. The summed E-state index contributed by atoms with van der Waals surface area (Å²) in [4.78, 5) is 62.1. The van der Waals surface area contributed by atoms with E-state index in [4.69, 9.17) is 17.0 Å². The van der Waals surface area contributed by atoms with Crippen molar-refractivity contribution in [3.8, 4) is 6.07 Å². The van der Waals surface area contributed by atoms with Crippen LogP contribution in [-0.4, -0.2) is 111 Å². The Morgan fingerprint density at radius 2 is 1.75 bits per heavy atom. The minimum Gasteiger partial charge on any atom is -0.377 e. The Balaban J connectivity index is 0.00000620. The normalized spacial score (nSPS) is 25.8. The van der Waals surface area contributed by atoms with Gasteiger partial charge in [-0.05, 0) is 102 Å². The fraction of sp³-hybridized carbons (Fsp3) is 0.564. The van der Waals surface area contributed by atoms with Crippen LogP contribution in [0.2, 0.25) is 0 Å². The summed E-state index contributed by atoms with van der Waals surface area (Å²) in [5.41, 5.74) is -2.02. The lowest BCUT2D eigenvalue weighted by Crippen LogP contribution is -2.58. The Kier molecular flexibility index (Phi) is 13.7. The fourth-order valence-electron chi connectivity index (χ4n) is 8.48. The van der Waals surface area contributed by atoms with Crippen molar-refractivity contribution in [2.75, 3.05) is 43.0 Å². The Bertz CT molecular complexity index is 1890. The van der Waals surface area contributed by atoms with E-state index in [9.17, 15) is 37.6 Å². The number of benzene rings is 1. The van der Waals surface area contributed by atoms with E-state index in [0.29, 0.717) is 37.3 Å². The molecule has 4 amide bonds. The van der Waals surface area contributed by atoms with E-state index in [0.717, 1.165) is 49.5 Å². The Labute approximate surface area is 341 Å². The molecule has 3 atom stereocenters. The van der Waals surface area contributed by atoms with Crippen LogP contribution >= 0.6 is 24.6 Å². The van der Waals surface area contributed by atoms with Crippen molar-refractivity contribution < 1.29 is 37.1 Å². The molecule has 1 saturated carbocycles. The number of hydrogen-bond donors (Lipinski definition) is 2. The van der Waals surface area contributed by atoms with Crippen molar-refractivity contribution in [3.05, 3.63) is 53.2 Å². The number of amides is 4. The zero-order valence-corrected chi connectivity index (χ0v) is 33.9. The lowest BCUT2D eigenvalue weighted by molar-refractivity contribution is -0.138. The highest BCUT2D eigenvalue weighted by Gasteiger charge is 2.52. The van der Waals surface area contributed by atoms with Gasteiger partial charge in [0.25, 0.3) is 5.91 Å². The number of nitriles is 1. The van der Waals surface area contributed by atoms with Crippen LogP contribution in [0.1, 0.15) is 88.8 Å². The number of imide groups is 1. The van der Waals surface area contributed by atoms with Gasteiger partial charge in [0.1, 0.15) is 11.4 Å². The molecule has 2 aromatic rings. The zero-order chi connectivity index (χ0) is 40.5. The number of anilines is 2. The smallest absolute Gasteiger partial charge is 0.377 e. The molecule has 3 aliphatic heterocycles. The molecular formula is C39H48ClF3N8O5S. The number of thiocarbonyl (C=S) groups is 1. The number of aromatic nitrogens is 1. The van der Waals surface area contributed by atoms with Crippen molar-refractivity contribution in [2.24, 2.45) is 0 Å². The van der Waals surface area contributed by atoms with Crippen molar-refractivity contribution in [2.45, 2.75) is 108 Å². The third kappa shape index (κ3) is 9.58. The van der Waals surface area contributed by atoms with E-state index < -0.39 is 34.7 Å². The first kappa shape index (κ1) is 43.9. The molecule has 57 heavy (non-hydrogen) atoms. The van der Waals surface area contributed by atoms with Gasteiger partial charge in [-0.15, -0.1) is 12.4 Å². The maximum absolute atomic E-state index is 13.7. The lowest BCUT2D eigenvalue weighted by atomic mass is 9.89. The van der Waals surface area contributed by atoms with Gasteiger partial charge in [0, 0.05) is 50.4 Å². The predicted molar refractivity (Wildman–Crippen MR) is 211 cm³/mol. The number of rotatable bonds is 10. The number of hydrogen-bond acceptors (Lipinski definition) is 10. The quantitative estimate of drug-likeness (QED) is 0.246. The summed E-state index contributed by atoms with van der Waals surface area (Å²) in [6.45, 7) is 10.7. The van der Waals surface area contributed by atoms with Crippen LogP contribution in [0, 0.1) is 11.3 Å². The number of alkyl halides is 3. The standard InChI is InChI=1S/C39H47F3N8O5S.ClH/c1-23-20-47(21-24(2)48(23)22-34(52)45-32-13-6-26(19-44-32)30-12-14-33(51)46-35(30)53)15-16-55-29-10-8-27(9-11-29)50-37(56)49(36(54)38(50,3)4)28-7-5-25(18-43)31(17-28)39(40,41)42;/h5-7,13,17,19,23-24,27,29-30H,8-12,14-16,20-22H2,1-4H3,(H,44,45,52)(H,46,51,53);1H/t23-,24+,27?,29?,30?;. The van der Waals surface area contributed by atoms with Crippen molar-refractivity contribution in [3.63, 3.8) is 0 Å². The highest BCUT2D eigenvalue weighted by Crippen LogP contribution is 2.41. The lowest BCUT2D eigenvalue weighted by Gasteiger charge is -2.44. The average Bonchev–Trinajstić information content (AvgIpc) is 3.32. The molecule has 4 aliphatic rings. The number of piperidine rings is 1. The second-order valence-electron chi connectivity index (χ2n) is 15.7. The maximum atomic E-state index is 13.7. The Morgan fingerprint density at radius 3 is 2.35 bits per heavy atom. The van der Waals surface area contributed by atoms with Gasteiger partial charge in [0.05, 0.1) is 48.1 Å². The van der Waals surface area contributed by atoms with Crippen LogP contribution in [0.5, 0.6) is 0 Å². The first-order valence-electron chi connectivity index (χ1n) is 19.0. The molecular weight excluding hydrogens is 785 g/mol. The van der Waals surface area contributed by atoms with Crippen LogP contribution in [0.4, 0.5) is 24.7 Å². The number of pyridine rings is 1. The molecule has 4 heterocycles. The summed E-state index contributed by atoms with van der Waals surface area (Å²) in [5, 5.41) is 14.6. The van der Waals surface area contributed by atoms with Gasteiger partial charge in [0.2, 0.25) is 17.7 Å². The topological polar surface area (TPSA) is 151 Å². The summed E-state index contributed by atoms with van der Waals surface area (Å²) in [6, 6.07) is 8.34. The molecule has 18 heteroatoms. The molecule has 0 bridgehead atoms. The number of carbonyl (C=O) groups is 4. The number of carbonyl (C=O) groups excluding carboxylic acids is 4. The third-order valence-corrected chi connectivity index (χ3v) is 11.8. The molecule has 3 saturated heterocycles. The second kappa shape index (κ2) is 17.7. The highest BCUT2D eigenvalue weighted by atomic mass is 35.5. The van der Waals surface area contributed by atoms with Gasteiger partial charge in [-0.1, -0.05) is 6.07 Å². The maximum Gasteiger partial charge on any atom is 0.417 e. The Morgan fingerprint density at radius 1 is 1.07 bits per heavy atom. The van der Waals surface area contributed by atoms with Gasteiger partial charge >= 0.3 is 6.18 Å². The van der Waals surface area contributed by atoms with Crippen LogP contribution in [-0.2, 0) is 30.1 Å². The predicted octanol–water partition coefficient (Wildman–Crippen LogP) is 4.99. The van der Waals surface area contributed by atoms with E-state index in [1.54, 1.807) is 38.2 Å². The molecule has 308 valence electrons.